The highest BCUT2D eigenvalue weighted by molar-refractivity contribution is 7.97. The number of nitrogens with two attached hydrogens (primary N) is 1. The molecule has 4 N–H and O–H groups in total. The first-order valence-electron chi connectivity index (χ1n) is 6.93. The van der Waals surface area contributed by atoms with E-state index in [9.17, 15) is 14.0 Å². The van der Waals surface area contributed by atoms with Gasteiger partial charge in [0, 0.05) is 29.4 Å². The van der Waals surface area contributed by atoms with Crippen molar-refractivity contribution in [3.05, 3.63) is 41.7 Å². The van der Waals surface area contributed by atoms with Gasteiger partial charge in [0.1, 0.15) is 17.5 Å². The molecule has 0 saturated heterocycles. The zero-order valence-corrected chi connectivity index (χ0v) is 13.1. The van der Waals surface area contributed by atoms with Crippen LogP contribution in [0.2, 0.25) is 0 Å². The molecule has 0 radical (unpaired) electrons. The molecule has 3 aromatic rings. The molecule has 3 heterocycles. The number of rotatable bonds is 5. The molecule has 122 valence electrons. The minimum atomic E-state index is -0.638. The third-order valence-corrected chi connectivity index (χ3v) is 3.80. The maximum absolute atomic E-state index is 14.1. The van der Waals surface area contributed by atoms with Crippen molar-refractivity contribution < 1.29 is 8.78 Å². The second kappa shape index (κ2) is 6.82. The summed E-state index contributed by atoms with van der Waals surface area (Å²) in [6.07, 6.45) is 2.65. The van der Waals surface area contributed by atoms with Crippen LogP contribution in [0.5, 0.6) is 0 Å². The second-order valence-corrected chi connectivity index (χ2v) is 5.62. The average Bonchev–Trinajstić information content (AvgIpc) is 2.99. The van der Waals surface area contributed by atoms with E-state index in [1.165, 1.54) is 6.07 Å². The van der Waals surface area contributed by atoms with E-state index in [4.69, 9.17) is 5.14 Å². The normalized spacial score (nSPS) is 10.8. The Labute approximate surface area is 140 Å². The first kappa shape index (κ1) is 16.2. The van der Waals surface area contributed by atoms with Gasteiger partial charge in [-0.25, -0.2) is 18.7 Å². The Balaban J connectivity index is 2.12. The van der Waals surface area contributed by atoms with Crippen molar-refractivity contribution in [1.29, 1.82) is 5.26 Å². The Hall–Kier alpha value is -2.70. The van der Waals surface area contributed by atoms with E-state index in [-0.39, 0.29) is 17.1 Å². The van der Waals surface area contributed by atoms with Gasteiger partial charge in [0.2, 0.25) is 0 Å². The van der Waals surface area contributed by atoms with Crippen molar-refractivity contribution in [1.82, 2.24) is 15.0 Å². The molecule has 6 nitrogen and oxygen atoms in total. The van der Waals surface area contributed by atoms with Crippen molar-refractivity contribution in [3.63, 3.8) is 0 Å². The Bertz CT molecular complexity index is 934. The topological polar surface area (TPSA) is 103 Å². The fourth-order valence-corrected chi connectivity index (χ4v) is 2.53. The third-order valence-electron chi connectivity index (χ3n) is 3.36. The number of pyridine rings is 2. The van der Waals surface area contributed by atoms with Gasteiger partial charge < -0.3 is 10.3 Å². The average molecular weight is 346 g/mol. The van der Waals surface area contributed by atoms with Gasteiger partial charge in [-0.2, -0.15) is 5.26 Å². The van der Waals surface area contributed by atoms with Gasteiger partial charge >= 0.3 is 0 Å². The van der Waals surface area contributed by atoms with E-state index in [1.807, 2.05) is 6.07 Å². The summed E-state index contributed by atoms with van der Waals surface area (Å²) in [5.74, 6) is -0.570. The van der Waals surface area contributed by atoms with Crippen molar-refractivity contribution in [3.8, 4) is 17.3 Å². The highest BCUT2D eigenvalue weighted by Crippen LogP contribution is 2.31. The Morgan fingerprint density at radius 3 is 2.96 bits per heavy atom. The summed E-state index contributed by atoms with van der Waals surface area (Å²) < 4.78 is 27.6. The van der Waals surface area contributed by atoms with E-state index in [2.05, 4.69) is 20.3 Å². The van der Waals surface area contributed by atoms with Gasteiger partial charge in [-0.1, -0.05) is 11.9 Å². The first-order valence-corrected chi connectivity index (χ1v) is 7.98. The first-order chi connectivity index (χ1) is 11.6. The summed E-state index contributed by atoms with van der Waals surface area (Å²) in [5.41, 5.74) is 1.23. The van der Waals surface area contributed by atoms with Crippen LogP contribution in [0.4, 0.5) is 14.6 Å². The monoisotopic (exact) mass is 346 g/mol. The molecule has 0 amide bonds. The molecular weight excluding hydrogens is 334 g/mol. The predicted molar refractivity (Wildman–Crippen MR) is 89.1 cm³/mol. The van der Waals surface area contributed by atoms with Crippen molar-refractivity contribution in [2.75, 3.05) is 17.6 Å². The molecule has 3 aromatic heterocycles. The minimum absolute atomic E-state index is 0.0109. The number of halogens is 2. The van der Waals surface area contributed by atoms with Crippen molar-refractivity contribution >= 4 is 28.8 Å². The molecule has 0 atom stereocenters. The number of hydrogen-bond acceptors (Lipinski definition) is 6. The minimum Gasteiger partial charge on any atom is -0.367 e. The molecule has 0 aliphatic carbocycles. The van der Waals surface area contributed by atoms with E-state index in [1.54, 1.807) is 6.20 Å². The van der Waals surface area contributed by atoms with E-state index < -0.39 is 11.6 Å². The zero-order valence-electron chi connectivity index (χ0n) is 12.3. The third kappa shape index (κ3) is 3.02. The van der Waals surface area contributed by atoms with Crippen LogP contribution in [0.15, 0.2) is 24.5 Å². The largest absolute Gasteiger partial charge is 0.367 e. The van der Waals surface area contributed by atoms with Gasteiger partial charge in [0.15, 0.2) is 11.6 Å². The molecule has 0 fully saturated rings. The van der Waals surface area contributed by atoms with Gasteiger partial charge in [0.25, 0.3) is 0 Å². The number of aromatic nitrogens is 3. The number of hydrogen-bond donors (Lipinski definition) is 3. The highest BCUT2D eigenvalue weighted by atomic mass is 32.2. The lowest BCUT2D eigenvalue weighted by molar-refractivity contribution is 0.623. The number of nitrogens with zero attached hydrogens (tertiary/aromatic N) is 3. The molecule has 0 bridgehead atoms. The Morgan fingerprint density at radius 2 is 2.21 bits per heavy atom. The van der Waals surface area contributed by atoms with Crippen LogP contribution < -0.4 is 10.5 Å². The predicted octanol–water partition coefficient (Wildman–Crippen LogP) is 2.79. The lowest BCUT2D eigenvalue weighted by atomic mass is 10.1. The van der Waals surface area contributed by atoms with E-state index >= 15 is 0 Å². The van der Waals surface area contributed by atoms with Crippen LogP contribution >= 0.6 is 11.9 Å². The van der Waals surface area contributed by atoms with Gasteiger partial charge in [-0.05, 0) is 12.1 Å². The second-order valence-electron chi connectivity index (χ2n) is 4.88. The molecule has 0 aliphatic heterocycles. The van der Waals surface area contributed by atoms with Crippen molar-refractivity contribution in [2.45, 2.75) is 0 Å². The smallest absolute Gasteiger partial charge is 0.166 e. The molecule has 24 heavy (non-hydrogen) atoms. The number of nitrogens with one attached hydrogen (secondary N) is 2. The summed E-state index contributed by atoms with van der Waals surface area (Å²) in [5, 5.41) is 17.9. The molecule has 0 aliphatic rings. The summed E-state index contributed by atoms with van der Waals surface area (Å²) in [7, 11) is 0. The zero-order chi connectivity index (χ0) is 17.1. The molecule has 9 heteroatoms. The number of fused-ring (bicyclic) bond motifs is 1. The Kier molecular flexibility index (Phi) is 4.59. The maximum atomic E-state index is 14.1. The number of aromatic amines is 1. The van der Waals surface area contributed by atoms with Crippen LogP contribution in [0, 0.1) is 23.0 Å². The van der Waals surface area contributed by atoms with Crippen LogP contribution in [-0.2, 0) is 0 Å². The van der Waals surface area contributed by atoms with Crippen LogP contribution in [0.1, 0.15) is 5.56 Å². The van der Waals surface area contributed by atoms with Crippen LogP contribution in [-0.4, -0.2) is 27.2 Å². The van der Waals surface area contributed by atoms with Crippen LogP contribution in [0.3, 0.4) is 0 Å². The lowest BCUT2D eigenvalue weighted by Gasteiger charge is -2.09. The van der Waals surface area contributed by atoms with E-state index in [0.717, 1.165) is 24.2 Å². The number of anilines is 1. The molecule has 3 rings (SSSR count). The van der Waals surface area contributed by atoms with Crippen molar-refractivity contribution in [2.24, 2.45) is 5.14 Å². The van der Waals surface area contributed by atoms with Gasteiger partial charge in [-0.15, -0.1) is 0 Å². The lowest BCUT2D eigenvalue weighted by Crippen LogP contribution is -2.09. The fourth-order valence-electron chi connectivity index (χ4n) is 2.31. The molecule has 0 aromatic carbocycles. The number of H-pyrrole nitrogens is 1. The summed E-state index contributed by atoms with van der Waals surface area (Å²) >= 11 is 1.12. The summed E-state index contributed by atoms with van der Waals surface area (Å²) in [6, 6.07) is 4.31. The van der Waals surface area contributed by atoms with Gasteiger partial charge in [-0.3, -0.25) is 5.14 Å². The molecule has 0 unspecified atom stereocenters. The fraction of sp³-hybridized carbons (Fsp3) is 0.133. The summed E-state index contributed by atoms with van der Waals surface area (Å²) in [4.78, 5) is 11.0. The standard InChI is InChI=1S/C15H12F2N6S/c16-9-4-10-11(7-22-14(10)21-6-9)13-8(5-18)3-12(17)15(23-13)20-1-2-24-19/h3-4,6-7H,1-2,19H2,(H,20,23)(H,21,22). The van der Waals surface area contributed by atoms with Gasteiger partial charge in [0.05, 0.1) is 17.5 Å². The molecule has 0 saturated carbocycles. The quantitative estimate of drug-likeness (QED) is 0.485. The number of nitriles is 1. The highest BCUT2D eigenvalue weighted by Gasteiger charge is 2.17. The maximum Gasteiger partial charge on any atom is 0.166 e. The van der Waals surface area contributed by atoms with E-state index in [0.29, 0.717) is 28.9 Å². The Morgan fingerprint density at radius 1 is 1.38 bits per heavy atom. The molecule has 0 spiro atoms. The molecular formula is C15H12F2N6S. The summed E-state index contributed by atoms with van der Waals surface area (Å²) in [6.45, 7) is 0.417. The SMILES string of the molecule is N#Cc1cc(F)c(NCCSN)nc1-c1c[nH]c2ncc(F)cc12. The van der Waals surface area contributed by atoms with Crippen LogP contribution in [0.25, 0.3) is 22.3 Å².